The molecule has 18 heavy (non-hydrogen) atoms. The molecule has 0 radical (unpaired) electrons. The van der Waals surface area contributed by atoms with Crippen LogP contribution >= 0.6 is 15.9 Å². The van der Waals surface area contributed by atoms with Gasteiger partial charge in [-0.15, -0.1) is 0 Å². The minimum Gasteiger partial charge on any atom is -0.391 e. The maximum Gasteiger partial charge on any atom is 0.0783 e. The number of benzene rings is 1. The Bertz CT molecular complexity index is 418. The van der Waals surface area contributed by atoms with E-state index in [0.717, 1.165) is 9.37 Å². The summed E-state index contributed by atoms with van der Waals surface area (Å²) in [5, 5.41) is 13.1. The van der Waals surface area contributed by atoms with Gasteiger partial charge in [0.15, 0.2) is 0 Å². The first-order valence-corrected chi connectivity index (χ1v) is 7.97. The molecule has 5 heteroatoms. The maximum absolute atomic E-state index is 12.1. The highest BCUT2D eigenvalue weighted by Crippen LogP contribution is 2.20. The van der Waals surface area contributed by atoms with E-state index in [9.17, 15) is 9.32 Å². The lowest BCUT2D eigenvalue weighted by Gasteiger charge is -2.22. The van der Waals surface area contributed by atoms with Gasteiger partial charge in [-0.1, -0.05) is 12.1 Å². The van der Waals surface area contributed by atoms with Crippen molar-refractivity contribution in [1.82, 2.24) is 5.32 Å². The average Bonchev–Trinajstić information content (AvgIpc) is 2.26. The molecule has 1 rings (SSSR count). The standard InChI is InChI=1S/C13H20BrNO2S/c1-13(2,3)15-8-10(16)9-18(17)12-7-5-4-6-11(12)14/h4-7,10,15-16H,8-9H2,1-3H3. The number of aliphatic hydroxyl groups is 1. The van der Waals surface area contributed by atoms with Gasteiger partial charge in [0.2, 0.25) is 0 Å². The van der Waals surface area contributed by atoms with Crippen LogP contribution in [0.2, 0.25) is 0 Å². The first-order valence-electron chi connectivity index (χ1n) is 5.85. The molecule has 0 aliphatic carbocycles. The van der Waals surface area contributed by atoms with Crippen molar-refractivity contribution in [2.24, 2.45) is 0 Å². The van der Waals surface area contributed by atoms with Crippen LogP contribution in [0.1, 0.15) is 20.8 Å². The molecule has 0 aliphatic rings. The minimum atomic E-state index is -1.19. The van der Waals surface area contributed by atoms with Crippen LogP contribution in [0.5, 0.6) is 0 Å². The Morgan fingerprint density at radius 3 is 2.56 bits per heavy atom. The van der Waals surface area contributed by atoms with Gasteiger partial charge in [-0.05, 0) is 48.8 Å². The number of hydrogen-bond donors (Lipinski definition) is 2. The molecule has 0 amide bonds. The third-order valence-corrected chi connectivity index (χ3v) is 4.78. The quantitative estimate of drug-likeness (QED) is 0.869. The average molecular weight is 334 g/mol. The summed E-state index contributed by atoms with van der Waals surface area (Å²) < 4.78 is 12.9. The third-order valence-electron chi connectivity index (χ3n) is 2.29. The summed E-state index contributed by atoms with van der Waals surface area (Å²) in [6, 6.07) is 7.39. The van der Waals surface area contributed by atoms with Crippen molar-refractivity contribution in [3.05, 3.63) is 28.7 Å². The van der Waals surface area contributed by atoms with E-state index in [1.54, 1.807) is 0 Å². The van der Waals surface area contributed by atoms with Crippen LogP contribution < -0.4 is 5.32 Å². The summed E-state index contributed by atoms with van der Waals surface area (Å²) in [4.78, 5) is 0.729. The SMILES string of the molecule is CC(C)(C)NCC(O)CS(=O)c1ccccc1Br. The van der Waals surface area contributed by atoms with Gasteiger partial charge < -0.3 is 10.4 Å². The second-order valence-electron chi connectivity index (χ2n) is 5.23. The van der Waals surface area contributed by atoms with Crippen molar-refractivity contribution in [2.75, 3.05) is 12.3 Å². The lowest BCUT2D eigenvalue weighted by atomic mass is 10.1. The minimum absolute atomic E-state index is 0.0458. The second-order valence-corrected chi connectivity index (χ2v) is 7.55. The zero-order chi connectivity index (χ0) is 13.8. The molecule has 3 nitrogen and oxygen atoms in total. The smallest absolute Gasteiger partial charge is 0.0783 e. The van der Waals surface area contributed by atoms with Gasteiger partial charge in [0.1, 0.15) is 0 Å². The molecule has 0 saturated heterocycles. The molecule has 0 bridgehead atoms. The summed E-state index contributed by atoms with van der Waals surface area (Å²) in [7, 11) is -1.19. The zero-order valence-electron chi connectivity index (χ0n) is 10.9. The van der Waals surface area contributed by atoms with Crippen molar-refractivity contribution >= 4 is 26.7 Å². The van der Waals surface area contributed by atoms with Crippen molar-refractivity contribution in [1.29, 1.82) is 0 Å². The summed E-state index contributed by atoms with van der Waals surface area (Å²) >= 11 is 3.37. The lowest BCUT2D eigenvalue weighted by Crippen LogP contribution is -2.42. The van der Waals surface area contributed by atoms with Crippen LogP contribution in [0.25, 0.3) is 0 Å². The molecule has 1 aromatic rings. The first kappa shape index (κ1) is 15.8. The number of β-amino-alcohol motifs (C(OH)–C–C–N with tert-alkyl or cyclic N) is 1. The highest BCUT2D eigenvalue weighted by molar-refractivity contribution is 9.10. The van der Waals surface area contributed by atoms with Crippen LogP contribution in [0.3, 0.4) is 0 Å². The molecule has 0 heterocycles. The second kappa shape index (κ2) is 6.80. The Morgan fingerprint density at radius 2 is 2.00 bits per heavy atom. The number of halogens is 1. The van der Waals surface area contributed by atoms with Crippen LogP contribution in [0.15, 0.2) is 33.6 Å². The van der Waals surface area contributed by atoms with Gasteiger partial charge in [0.05, 0.1) is 27.6 Å². The molecule has 2 unspecified atom stereocenters. The largest absolute Gasteiger partial charge is 0.391 e. The number of hydrogen-bond acceptors (Lipinski definition) is 3. The molecular weight excluding hydrogens is 314 g/mol. The van der Waals surface area contributed by atoms with E-state index in [-0.39, 0.29) is 11.3 Å². The molecule has 0 spiro atoms. The van der Waals surface area contributed by atoms with Crippen LogP contribution in [-0.4, -0.2) is 33.3 Å². The summed E-state index contributed by atoms with van der Waals surface area (Å²) in [6.45, 7) is 6.54. The van der Waals surface area contributed by atoms with Gasteiger partial charge in [-0.25, -0.2) is 0 Å². The monoisotopic (exact) mass is 333 g/mol. The predicted octanol–water partition coefficient (Wildman–Crippen LogP) is 2.31. The van der Waals surface area contributed by atoms with Gasteiger partial charge in [0, 0.05) is 16.6 Å². The van der Waals surface area contributed by atoms with Gasteiger partial charge in [-0.2, -0.15) is 0 Å². The lowest BCUT2D eigenvalue weighted by molar-refractivity contribution is 0.182. The Kier molecular flexibility index (Phi) is 5.98. The Labute approximate surface area is 120 Å². The summed E-state index contributed by atoms with van der Waals surface area (Å²) in [5.41, 5.74) is -0.0458. The maximum atomic E-state index is 12.1. The number of aliphatic hydroxyl groups excluding tert-OH is 1. The normalized spacial score (nSPS) is 15.4. The fourth-order valence-corrected chi connectivity index (χ4v) is 3.37. The van der Waals surface area contributed by atoms with Crippen LogP contribution in [-0.2, 0) is 10.8 Å². The fourth-order valence-electron chi connectivity index (χ4n) is 1.38. The number of rotatable bonds is 5. The molecule has 2 atom stereocenters. The molecule has 1 aromatic carbocycles. The molecule has 0 aliphatic heterocycles. The zero-order valence-corrected chi connectivity index (χ0v) is 13.3. The Balaban J connectivity index is 2.53. The van der Waals surface area contributed by atoms with Crippen LogP contribution in [0, 0.1) is 0 Å². The van der Waals surface area contributed by atoms with E-state index in [1.165, 1.54) is 0 Å². The van der Waals surface area contributed by atoms with Gasteiger partial charge in [0.25, 0.3) is 0 Å². The molecule has 2 N–H and O–H groups in total. The Morgan fingerprint density at radius 1 is 1.39 bits per heavy atom. The molecule has 0 fully saturated rings. The summed E-state index contributed by atoms with van der Waals surface area (Å²) in [5.74, 6) is 0.242. The van der Waals surface area contributed by atoms with E-state index in [2.05, 4.69) is 21.2 Å². The highest BCUT2D eigenvalue weighted by Gasteiger charge is 2.16. The van der Waals surface area contributed by atoms with E-state index < -0.39 is 16.9 Å². The van der Waals surface area contributed by atoms with E-state index >= 15 is 0 Å². The molecule has 0 saturated carbocycles. The van der Waals surface area contributed by atoms with Gasteiger partial charge in [-0.3, -0.25) is 4.21 Å². The molecule has 0 aromatic heterocycles. The van der Waals surface area contributed by atoms with Crippen molar-refractivity contribution in [2.45, 2.75) is 37.3 Å². The molecule has 102 valence electrons. The van der Waals surface area contributed by atoms with E-state index in [4.69, 9.17) is 0 Å². The van der Waals surface area contributed by atoms with Gasteiger partial charge >= 0.3 is 0 Å². The van der Waals surface area contributed by atoms with E-state index in [0.29, 0.717) is 6.54 Å². The third kappa shape index (κ3) is 5.61. The van der Waals surface area contributed by atoms with Crippen molar-refractivity contribution in [3.8, 4) is 0 Å². The Hall–Kier alpha value is -0.230. The molecular formula is C13H20BrNO2S. The fraction of sp³-hybridized carbons (Fsp3) is 0.538. The van der Waals surface area contributed by atoms with Crippen LogP contribution in [0.4, 0.5) is 0 Å². The van der Waals surface area contributed by atoms with Crippen molar-refractivity contribution in [3.63, 3.8) is 0 Å². The van der Waals surface area contributed by atoms with Crippen molar-refractivity contribution < 1.29 is 9.32 Å². The highest BCUT2D eigenvalue weighted by atomic mass is 79.9. The predicted molar refractivity (Wildman–Crippen MR) is 79.2 cm³/mol. The van der Waals surface area contributed by atoms with E-state index in [1.807, 2.05) is 45.0 Å². The first-order chi connectivity index (χ1) is 8.29. The summed E-state index contributed by atoms with van der Waals surface area (Å²) in [6.07, 6.45) is -0.614. The number of nitrogens with one attached hydrogen (secondary N) is 1. The topological polar surface area (TPSA) is 49.3 Å².